The number of halogens is 2. The summed E-state index contributed by atoms with van der Waals surface area (Å²) < 4.78 is 27.5. The van der Waals surface area contributed by atoms with Crippen LogP contribution in [0.1, 0.15) is 25.3 Å². The number of amides is 2. The van der Waals surface area contributed by atoms with E-state index in [4.69, 9.17) is 28.3 Å². The molecule has 12 heteroatoms. The van der Waals surface area contributed by atoms with Crippen LogP contribution in [-0.2, 0) is 24.4 Å². The number of aliphatic carboxylic acids is 1. The normalized spacial score (nSPS) is 15.5. The lowest BCUT2D eigenvalue weighted by atomic mass is 9.95. The van der Waals surface area contributed by atoms with Gasteiger partial charge in [0, 0.05) is 25.1 Å². The van der Waals surface area contributed by atoms with Crippen LogP contribution in [0, 0.1) is 5.92 Å². The van der Waals surface area contributed by atoms with Crippen LogP contribution in [0.25, 0.3) is 6.08 Å². The maximum absolute atomic E-state index is 12.6. The monoisotopic (exact) mass is 553 g/mol. The molecule has 1 fully saturated rings. The Hall–Kier alpha value is -3.08. The van der Waals surface area contributed by atoms with Crippen LogP contribution in [0.2, 0.25) is 10.0 Å². The number of nitrogens with zero attached hydrogens (tertiary/aromatic N) is 1. The van der Waals surface area contributed by atoms with Gasteiger partial charge in [-0.2, -0.15) is 0 Å². The molecule has 1 aliphatic rings. The highest BCUT2D eigenvalue weighted by atomic mass is 35.5. The number of anilines is 1. The fourth-order valence-corrected chi connectivity index (χ4v) is 5.19. The first-order valence-electron chi connectivity index (χ1n) is 11.1. The van der Waals surface area contributed by atoms with E-state index in [0.717, 1.165) is 0 Å². The number of rotatable bonds is 8. The number of carboxylic acids is 1. The predicted molar refractivity (Wildman–Crippen MR) is 137 cm³/mol. The summed E-state index contributed by atoms with van der Waals surface area (Å²) in [7, 11) is -3.86. The molecule has 0 spiro atoms. The van der Waals surface area contributed by atoms with Crippen molar-refractivity contribution in [1.82, 2.24) is 10.2 Å². The standard InChI is InChI=1S/C24H25Cl2N3O6S/c1-15(24(32)33)27-23(31)17-11-13-29(14-12-17)20(30)10-8-16-7-9-19(22(26)21(16)25)28-36(34,35)18-5-3-2-4-6-18/h2-10,15,17,28H,11-14H2,1H3,(H,27,31)(H,32,33)/b10-8+. The number of hydrogen-bond donors (Lipinski definition) is 3. The number of likely N-dealkylation sites (tertiary alicyclic amines) is 1. The van der Waals surface area contributed by atoms with E-state index >= 15 is 0 Å². The summed E-state index contributed by atoms with van der Waals surface area (Å²) in [6.45, 7) is 2.08. The molecular formula is C24H25Cl2N3O6S. The van der Waals surface area contributed by atoms with Crippen LogP contribution in [0.5, 0.6) is 0 Å². The summed E-state index contributed by atoms with van der Waals surface area (Å²) >= 11 is 12.6. The van der Waals surface area contributed by atoms with E-state index in [1.54, 1.807) is 29.2 Å². The zero-order valence-electron chi connectivity index (χ0n) is 19.3. The number of sulfonamides is 1. The lowest BCUT2D eigenvalue weighted by Gasteiger charge is -2.31. The van der Waals surface area contributed by atoms with Crippen molar-refractivity contribution in [3.05, 3.63) is 64.1 Å². The lowest BCUT2D eigenvalue weighted by Crippen LogP contribution is -2.46. The van der Waals surface area contributed by atoms with Crippen molar-refractivity contribution >= 4 is 62.8 Å². The van der Waals surface area contributed by atoms with Crippen LogP contribution in [0.3, 0.4) is 0 Å². The molecule has 3 rings (SSSR count). The molecule has 1 aliphatic heterocycles. The Bertz CT molecular complexity index is 1280. The van der Waals surface area contributed by atoms with Crippen LogP contribution >= 0.6 is 23.2 Å². The number of carbonyl (C=O) groups excluding carboxylic acids is 2. The minimum absolute atomic E-state index is 0.00631. The van der Waals surface area contributed by atoms with E-state index < -0.39 is 22.0 Å². The third-order valence-corrected chi connectivity index (χ3v) is 8.00. The molecule has 3 N–H and O–H groups in total. The van der Waals surface area contributed by atoms with Crippen LogP contribution in [-0.4, -0.2) is 55.3 Å². The van der Waals surface area contributed by atoms with Gasteiger partial charge in [-0.1, -0.05) is 47.5 Å². The van der Waals surface area contributed by atoms with Crippen molar-refractivity contribution < 1.29 is 27.9 Å². The summed E-state index contributed by atoms with van der Waals surface area (Å²) in [6.07, 6.45) is 3.65. The largest absolute Gasteiger partial charge is 0.480 e. The molecule has 0 aromatic heterocycles. The molecular weight excluding hydrogens is 529 g/mol. The zero-order chi connectivity index (χ0) is 26.5. The van der Waals surface area contributed by atoms with Crippen molar-refractivity contribution in [2.75, 3.05) is 17.8 Å². The summed E-state index contributed by atoms with van der Waals surface area (Å²) in [5.74, 6) is -2.09. The van der Waals surface area contributed by atoms with Gasteiger partial charge in [-0.3, -0.25) is 19.1 Å². The van der Waals surface area contributed by atoms with E-state index in [1.165, 1.54) is 37.3 Å². The Morgan fingerprint density at radius 2 is 1.69 bits per heavy atom. The van der Waals surface area contributed by atoms with Crippen molar-refractivity contribution in [2.24, 2.45) is 5.92 Å². The fourth-order valence-electron chi connectivity index (χ4n) is 3.60. The van der Waals surface area contributed by atoms with E-state index in [9.17, 15) is 22.8 Å². The number of hydrogen-bond acceptors (Lipinski definition) is 5. The first-order valence-corrected chi connectivity index (χ1v) is 13.3. The third kappa shape index (κ3) is 6.77. The smallest absolute Gasteiger partial charge is 0.325 e. The molecule has 36 heavy (non-hydrogen) atoms. The van der Waals surface area contributed by atoms with E-state index in [1.807, 2.05) is 0 Å². The fraction of sp³-hybridized carbons (Fsp3) is 0.292. The second-order valence-corrected chi connectivity index (χ2v) is 10.7. The van der Waals surface area contributed by atoms with Gasteiger partial charge in [0.05, 0.1) is 20.6 Å². The van der Waals surface area contributed by atoms with Gasteiger partial charge in [0.1, 0.15) is 6.04 Å². The van der Waals surface area contributed by atoms with Crippen molar-refractivity contribution in [1.29, 1.82) is 0 Å². The lowest BCUT2D eigenvalue weighted by molar-refractivity contribution is -0.142. The molecule has 9 nitrogen and oxygen atoms in total. The Morgan fingerprint density at radius 1 is 1.06 bits per heavy atom. The minimum atomic E-state index is -3.86. The number of benzene rings is 2. The highest BCUT2D eigenvalue weighted by Crippen LogP contribution is 2.35. The minimum Gasteiger partial charge on any atom is -0.480 e. The molecule has 2 aromatic carbocycles. The molecule has 192 valence electrons. The Labute approximate surface area is 219 Å². The SMILES string of the molecule is CC(NC(=O)C1CCN(C(=O)/C=C/c2ccc(NS(=O)(=O)c3ccccc3)c(Cl)c2Cl)CC1)C(=O)O. The topological polar surface area (TPSA) is 133 Å². The van der Waals surface area contributed by atoms with Gasteiger partial charge >= 0.3 is 5.97 Å². The number of nitrogens with one attached hydrogen (secondary N) is 2. The molecule has 1 saturated heterocycles. The van der Waals surface area contributed by atoms with Crippen LogP contribution in [0.15, 0.2) is 53.4 Å². The van der Waals surface area contributed by atoms with Crippen molar-refractivity contribution in [2.45, 2.75) is 30.7 Å². The predicted octanol–water partition coefficient (Wildman–Crippen LogP) is 3.64. The summed E-state index contributed by atoms with van der Waals surface area (Å²) in [5, 5.41) is 11.5. The second-order valence-electron chi connectivity index (χ2n) is 8.25. The van der Waals surface area contributed by atoms with Gasteiger partial charge in [-0.25, -0.2) is 8.42 Å². The van der Waals surface area contributed by atoms with Gasteiger partial charge in [0.2, 0.25) is 11.8 Å². The van der Waals surface area contributed by atoms with E-state index in [2.05, 4.69) is 10.0 Å². The maximum atomic E-state index is 12.6. The molecule has 0 saturated carbocycles. The van der Waals surface area contributed by atoms with Crippen LogP contribution in [0.4, 0.5) is 5.69 Å². The van der Waals surface area contributed by atoms with E-state index in [-0.39, 0.29) is 38.4 Å². The Balaban J connectivity index is 1.61. The van der Waals surface area contributed by atoms with Gasteiger partial charge in [0.15, 0.2) is 0 Å². The molecule has 2 aromatic rings. The number of carbonyl (C=O) groups is 3. The van der Waals surface area contributed by atoms with E-state index in [0.29, 0.717) is 31.5 Å². The number of carboxylic acid groups (broad SMARTS) is 1. The zero-order valence-corrected chi connectivity index (χ0v) is 21.6. The number of piperidine rings is 1. The highest BCUT2D eigenvalue weighted by molar-refractivity contribution is 7.92. The van der Waals surface area contributed by atoms with Gasteiger partial charge in [0.25, 0.3) is 10.0 Å². The molecule has 0 bridgehead atoms. The average molecular weight is 554 g/mol. The Morgan fingerprint density at radius 3 is 2.31 bits per heavy atom. The first-order chi connectivity index (χ1) is 17.0. The van der Waals surface area contributed by atoms with Gasteiger partial charge in [-0.15, -0.1) is 0 Å². The quantitative estimate of drug-likeness (QED) is 0.427. The average Bonchev–Trinajstić information content (AvgIpc) is 2.86. The summed E-state index contributed by atoms with van der Waals surface area (Å²) in [6, 6.07) is 9.83. The molecule has 0 aliphatic carbocycles. The third-order valence-electron chi connectivity index (χ3n) is 5.72. The van der Waals surface area contributed by atoms with Gasteiger partial charge < -0.3 is 15.3 Å². The van der Waals surface area contributed by atoms with Crippen molar-refractivity contribution in [3.63, 3.8) is 0 Å². The highest BCUT2D eigenvalue weighted by Gasteiger charge is 2.28. The molecule has 1 heterocycles. The van der Waals surface area contributed by atoms with Crippen LogP contribution < -0.4 is 10.0 Å². The molecule has 1 atom stereocenters. The summed E-state index contributed by atoms with van der Waals surface area (Å²) in [4.78, 5) is 37.4. The second kappa shape index (κ2) is 11.8. The summed E-state index contributed by atoms with van der Waals surface area (Å²) in [5.41, 5.74) is 0.529. The molecule has 0 radical (unpaired) electrons. The Kier molecular flexibility index (Phi) is 8.99. The molecule has 1 unspecified atom stereocenters. The maximum Gasteiger partial charge on any atom is 0.325 e. The molecule has 2 amide bonds. The van der Waals surface area contributed by atoms with Gasteiger partial charge in [-0.05, 0) is 49.6 Å². The first kappa shape index (κ1) is 27.5. The van der Waals surface area contributed by atoms with Crippen molar-refractivity contribution in [3.8, 4) is 0 Å².